The van der Waals surface area contributed by atoms with Crippen LogP contribution < -0.4 is 15.4 Å². The largest absolute Gasteiger partial charge is 0.507 e. The van der Waals surface area contributed by atoms with Crippen molar-refractivity contribution < 1.29 is 14.6 Å². The molecule has 0 aliphatic heterocycles. The molecule has 0 fully saturated rings. The van der Waals surface area contributed by atoms with Crippen LogP contribution in [0.4, 0.5) is 0 Å². The van der Waals surface area contributed by atoms with Gasteiger partial charge in [0.05, 0.1) is 12.7 Å². The van der Waals surface area contributed by atoms with Gasteiger partial charge in [0.25, 0.3) is 5.91 Å². The monoisotopic (exact) mass is 252 g/mol. The maximum atomic E-state index is 11.8. The average Bonchev–Trinajstić information content (AvgIpc) is 2.39. The Balaban J connectivity index is 2.50. The summed E-state index contributed by atoms with van der Waals surface area (Å²) in [6.07, 6.45) is 0.851. The van der Waals surface area contributed by atoms with Crippen LogP contribution in [-0.4, -0.2) is 37.8 Å². The van der Waals surface area contributed by atoms with Gasteiger partial charge in [-0.05, 0) is 37.7 Å². The van der Waals surface area contributed by atoms with E-state index in [1.165, 1.54) is 19.2 Å². The fourth-order valence-corrected chi connectivity index (χ4v) is 1.51. The first-order valence-electron chi connectivity index (χ1n) is 6.05. The second-order valence-corrected chi connectivity index (χ2v) is 3.85. The summed E-state index contributed by atoms with van der Waals surface area (Å²) in [4.78, 5) is 11.8. The molecule has 0 radical (unpaired) electrons. The van der Waals surface area contributed by atoms with Gasteiger partial charge in [0.1, 0.15) is 11.5 Å². The van der Waals surface area contributed by atoms with Gasteiger partial charge in [0.15, 0.2) is 0 Å². The molecule has 0 aliphatic carbocycles. The Morgan fingerprint density at radius 3 is 2.83 bits per heavy atom. The minimum absolute atomic E-state index is 0.0417. The van der Waals surface area contributed by atoms with E-state index in [0.29, 0.717) is 12.3 Å². The van der Waals surface area contributed by atoms with Crippen molar-refractivity contribution in [3.05, 3.63) is 23.8 Å². The molecular formula is C13H20N2O3. The first-order chi connectivity index (χ1) is 8.69. The van der Waals surface area contributed by atoms with Crippen molar-refractivity contribution in [3.8, 4) is 11.5 Å². The molecule has 0 unspecified atom stereocenters. The quantitative estimate of drug-likeness (QED) is 0.636. The van der Waals surface area contributed by atoms with Gasteiger partial charge in [0.2, 0.25) is 0 Å². The van der Waals surface area contributed by atoms with E-state index in [0.717, 1.165) is 19.5 Å². The van der Waals surface area contributed by atoms with Gasteiger partial charge in [0, 0.05) is 6.54 Å². The predicted molar refractivity (Wildman–Crippen MR) is 70.2 cm³/mol. The van der Waals surface area contributed by atoms with Crippen molar-refractivity contribution in [3.63, 3.8) is 0 Å². The van der Waals surface area contributed by atoms with Crippen LogP contribution >= 0.6 is 0 Å². The second kappa shape index (κ2) is 7.55. The first-order valence-corrected chi connectivity index (χ1v) is 6.05. The summed E-state index contributed by atoms with van der Waals surface area (Å²) in [6.45, 7) is 4.39. The number of phenolic OH excluding ortho intramolecular Hbond substituents is 1. The SMILES string of the molecule is CCNCCCNC(=O)c1cc(OC)ccc1O. The van der Waals surface area contributed by atoms with E-state index in [9.17, 15) is 9.90 Å². The third-order valence-electron chi connectivity index (χ3n) is 2.51. The number of methoxy groups -OCH3 is 1. The molecule has 0 spiro atoms. The standard InChI is InChI=1S/C13H20N2O3/c1-3-14-7-4-8-15-13(17)11-9-10(18-2)5-6-12(11)16/h5-6,9,14,16H,3-4,7-8H2,1-2H3,(H,15,17). The van der Waals surface area contributed by atoms with E-state index in [1.54, 1.807) is 6.07 Å². The molecule has 5 heteroatoms. The number of hydrogen-bond acceptors (Lipinski definition) is 4. The van der Waals surface area contributed by atoms with Crippen molar-refractivity contribution in [2.75, 3.05) is 26.7 Å². The molecule has 0 saturated carbocycles. The molecule has 100 valence electrons. The van der Waals surface area contributed by atoms with Crippen LogP contribution in [0.15, 0.2) is 18.2 Å². The van der Waals surface area contributed by atoms with Gasteiger partial charge in [-0.25, -0.2) is 0 Å². The maximum absolute atomic E-state index is 11.8. The molecule has 1 amide bonds. The summed E-state index contributed by atoms with van der Waals surface area (Å²) >= 11 is 0. The zero-order valence-electron chi connectivity index (χ0n) is 10.8. The Kier molecular flexibility index (Phi) is 6.00. The number of rotatable bonds is 7. The highest BCUT2D eigenvalue weighted by molar-refractivity contribution is 5.97. The highest BCUT2D eigenvalue weighted by Gasteiger charge is 2.11. The number of carbonyl (C=O) groups is 1. The number of amides is 1. The van der Waals surface area contributed by atoms with Crippen LogP contribution in [-0.2, 0) is 0 Å². The van der Waals surface area contributed by atoms with Crippen LogP contribution in [0.5, 0.6) is 11.5 Å². The van der Waals surface area contributed by atoms with Crippen molar-refractivity contribution in [2.24, 2.45) is 0 Å². The number of phenols is 1. The third-order valence-corrected chi connectivity index (χ3v) is 2.51. The second-order valence-electron chi connectivity index (χ2n) is 3.85. The zero-order valence-corrected chi connectivity index (χ0v) is 10.8. The smallest absolute Gasteiger partial charge is 0.255 e. The zero-order chi connectivity index (χ0) is 13.4. The lowest BCUT2D eigenvalue weighted by Gasteiger charge is -2.08. The van der Waals surface area contributed by atoms with Crippen LogP contribution in [0, 0.1) is 0 Å². The van der Waals surface area contributed by atoms with Crippen molar-refractivity contribution in [1.29, 1.82) is 0 Å². The molecule has 5 nitrogen and oxygen atoms in total. The van der Waals surface area contributed by atoms with Gasteiger partial charge < -0.3 is 20.5 Å². The van der Waals surface area contributed by atoms with E-state index in [2.05, 4.69) is 10.6 Å². The fourth-order valence-electron chi connectivity index (χ4n) is 1.51. The Morgan fingerprint density at radius 2 is 2.17 bits per heavy atom. The van der Waals surface area contributed by atoms with Crippen molar-refractivity contribution >= 4 is 5.91 Å². The molecule has 0 aromatic heterocycles. The highest BCUT2D eigenvalue weighted by Crippen LogP contribution is 2.22. The number of ether oxygens (including phenoxy) is 1. The van der Waals surface area contributed by atoms with E-state index >= 15 is 0 Å². The lowest BCUT2D eigenvalue weighted by atomic mass is 10.1. The lowest BCUT2D eigenvalue weighted by Crippen LogP contribution is -2.27. The maximum Gasteiger partial charge on any atom is 0.255 e. The van der Waals surface area contributed by atoms with E-state index in [-0.39, 0.29) is 17.2 Å². The number of nitrogens with one attached hydrogen (secondary N) is 2. The molecule has 1 aromatic carbocycles. The minimum Gasteiger partial charge on any atom is -0.507 e. The summed E-state index contributed by atoms with van der Waals surface area (Å²) in [5, 5.41) is 15.5. The van der Waals surface area contributed by atoms with Crippen molar-refractivity contribution in [1.82, 2.24) is 10.6 Å². The van der Waals surface area contributed by atoms with Gasteiger partial charge in [-0.3, -0.25) is 4.79 Å². The molecular weight excluding hydrogens is 232 g/mol. The van der Waals surface area contributed by atoms with E-state index < -0.39 is 0 Å². The molecule has 1 rings (SSSR count). The van der Waals surface area contributed by atoms with Gasteiger partial charge >= 0.3 is 0 Å². The van der Waals surface area contributed by atoms with Crippen LogP contribution in [0.3, 0.4) is 0 Å². The topological polar surface area (TPSA) is 70.6 Å². The van der Waals surface area contributed by atoms with E-state index in [1.807, 2.05) is 6.92 Å². The Bertz CT molecular complexity index is 394. The summed E-state index contributed by atoms with van der Waals surface area (Å²) in [5.41, 5.74) is 0.234. The molecule has 1 aromatic rings. The van der Waals surface area contributed by atoms with Crippen LogP contribution in [0.25, 0.3) is 0 Å². The minimum atomic E-state index is -0.289. The first kappa shape index (κ1) is 14.3. The number of benzene rings is 1. The van der Waals surface area contributed by atoms with Gasteiger partial charge in [-0.1, -0.05) is 6.92 Å². The summed E-state index contributed by atoms with van der Waals surface area (Å²) in [6, 6.07) is 4.58. The fraction of sp³-hybridized carbons (Fsp3) is 0.462. The number of carbonyl (C=O) groups excluding carboxylic acids is 1. The molecule has 0 bridgehead atoms. The molecule has 0 heterocycles. The number of hydrogen-bond donors (Lipinski definition) is 3. The average molecular weight is 252 g/mol. The molecule has 0 aliphatic rings. The normalized spacial score (nSPS) is 10.1. The number of aromatic hydroxyl groups is 1. The molecule has 0 saturated heterocycles. The molecule has 3 N–H and O–H groups in total. The van der Waals surface area contributed by atoms with Crippen LogP contribution in [0.2, 0.25) is 0 Å². The highest BCUT2D eigenvalue weighted by atomic mass is 16.5. The van der Waals surface area contributed by atoms with Gasteiger partial charge in [-0.15, -0.1) is 0 Å². The molecule has 0 atom stereocenters. The summed E-state index contributed by atoms with van der Waals surface area (Å²) in [5.74, 6) is 0.216. The summed E-state index contributed by atoms with van der Waals surface area (Å²) < 4.78 is 5.02. The predicted octanol–water partition coefficient (Wildman–Crippen LogP) is 1.13. The summed E-state index contributed by atoms with van der Waals surface area (Å²) in [7, 11) is 1.52. The van der Waals surface area contributed by atoms with Crippen molar-refractivity contribution in [2.45, 2.75) is 13.3 Å². The van der Waals surface area contributed by atoms with E-state index in [4.69, 9.17) is 4.74 Å². The molecule has 18 heavy (non-hydrogen) atoms. The van der Waals surface area contributed by atoms with Gasteiger partial charge in [-0.2, -0.15) is 0 Å². The van der Waals surface area contributed by atoms with Crippen LogP contribution in [0.1, 0.15) is 23.7 Å². The third kappa shape index (κ3) is 4.25. The Labute approximate surface area is 107 Å². The Hall–Kier alpha value is -1.75. The Morgan fingerprint density at radius 1 is 1.39 bits per heavy atom. The lowest BCUT2D eigenvalue weighted by molar-refractivity contribution is 0.0950.